The number of anilines is 1. The van der Waals surface area contributed by atoms with Crippen molar-refractivity contribution in [3.05, 3.63) is 74.8 Å². The number of benzene rings is 1. The number of hydrogen-bond donors (Lipinski definition) is 1. The monoisotopic (exact) mass is 321 g/mol. The van der Waals surface area contributed by atoms with Crippen LogP contribution in [-0.2, 0) is 0 Å². The van der Waals surface area contributed by atoms with Crippen LogP contribution in [0.1, 0.15) is 32.7 Å². The highest BCUT2D eigenvalue weighted by Crippen LogP contribution is 2.14. The van der Waals surface area contributed by atoms with E-state index in [1.807, 2.05) is 32.9 Å². The van der Waals surface area contributed by atoms with Crippen molar-refractivity contribution in [2.75, 3.05) is 5.32 Å². The van der Waals surface area contributed by atoms with E-state index in [0.29, 0.717) is 16.9 Å². The van der Waals surface area contributed by atoms with Crippen LogP contribution in [0.25, 0.3) is 5.65 Å². The molecule has 0 unspecified atom stereocenters. The molecule has 1 N–H and O–H groups in total. The van der Waals surface area contributed by atoms with Gasteiger partial charge in [-0.25, -0.2) is 4.98 Å². The summed E-state index contributed by atoms with van der Waals surface area (Å²) < 4.78 is 1.46. The van der Waals surface area contributed by atoms with Gasteiger partial charge in [0.25, 0.3) is 11.5 Å². The van der Waals surface area contributed by atoms with Crippen LogP contribution in [-0.4, -0.2) is 15.3 Å². The number of aromatic nitrogens is 2. The number of pyridine rings is 1. The van der Waals surface area contributed by atoms with E-state index >= 15 is 0 Å². The molecule has 0 aliphatic rings. The first-order valence-electron chi connectivity index (χ1n) is 7.74. The lowest BCUT2D eigenvalue weighted by Gasteiger charge is -2.11. The number of amides is 1. The molecule has 0 fully saturated rings. The molecule has 0 bridgehead atoms. The van der Waals surface area contributed by atoms with Gasteiger partial charge in [0.2, 0.25) is 0 Å². The molecule has 2 aromatic heterocycles. The van der Waals surface area contributed by atoms with Gasteiger partial charge in [0.1, 0.15) is 11.3 Å². The smallest absolute Gasteiger partial charge is 0.281 e. The van der Waals surface area contributed by atoms with E-state index in [1.165, 1.54) is 4.40 Å². The first kappa shape index (κ1) is 15.9. The molecule has 3 aromatic rings. The summed E-state index contributed by atoms with van der Waals surface area (Å²) in [6.07, 6.45) is 1.72. The summed E-state index contributed by atoms with van der Waals surface area (Å²) in [5.74, 6) is -0.309. The minimum atomic E-state index is -0.309. The first-order chi connectivity index (χ1) is 11.3. The van der Waals surface area contributed by atoms with Crippen molar-refractivity contribution in [2.24, 2.45) is 0 Å². The van der Waals surface area contributed by atoms with Gasteiger partial charge < -0.3 is 5.32 Å². The molecule has 1 amide bonds. The van der Waals surface area contributed by atoms with Crippen LogP contribution in [0.3, 0.4) is 0 Å². The molecule has 24 heavy (non-hydrogen) atoms. The van der Waals surface area contributed by atoms with Crippen molar-refractivity contribution >= 4 is 17.2 Å². The highest BCUT2D eigenvalue weighted by atomic mass is 16.2. The van der Waals surface area contributed by atoms with Crippen molar-refractivity contribution < 1.29 is 4.79 Å². The molecule has 0 spiro atoms. The first-order valence-corrected chi connectivity index (χ1v) is 7.74. The Balaban J connectivity index is 2.06. The summed E-state index contributed by atoms with van der Waals surface area (Å²) in [5, 5.41) is 2.73. The molecule has 5 nitrogen and oxygen atoms in total. The average molecular weight is 321 g/mol. The van der Waals surface area contributed by atoms with Crippen molar-refractivity contribution in [2.45, 2.75) is 27.7 Å². The third kappa shape index (κ3) is 2.93. The van der Waals surface area contributed by atoms with Gasteiger partial charge in [-0.05, 0) is 51.5 Å². The van der Waals surface area contributed by atoms with Crippen LogP contribution in [0, 0.1) is 27.7 Å². The summed E-state index contributed by atoms with van der Waals surface area (Å²) in [7, 11) is 0. The lowest BCUT2D eigenvalue weighted by Crippen LogP contribution is -2.25. The topological polar surface area (TPSA) is 63.5 Å². The van der Waals surface area contributed by atoms with E-state index in [2.05, 4.69) is 10.3 Å². The van der Waals surface area contributed by atoms with Gasteiger partial charge in [0.15, 0.2) is 0 Å². The fourth-order valence-corrected chi connectivity index (χ4v) is 2.79. The second kappa shape index (κ2) is 5.92. The molecule has 1 aromatic carbocycles. The second-order valence-corrected chi connectivity index (χ2v) is 6.14. The molecule has 2 heterocycles. The van der Waals surface area contributed by atoms with E-state index in [1.54, 1.807) is 31.3 Å². The quantitative estimate of drug-likeness (QED) is 0.788. The van der Waals surface area contributed by atoms with Gasteiger partial charge in [-0.1, -0.05) is 23.3 Å². The predicted molar refractivity (Wildman–Crippen MR) is 94.8 cm³/mol. The van der Waals surface area contributed by atoms with Crippen LogP contribution in [0.4, 0.5) is 5.69 Å². The van der Waals surface area contributed by atoms with Crippen molar-refractivity contribution in [3.8, 4) is 0 Å². The largest absolute Gasteiger partial charge is 0.316 e. The van der Waals surface area contributed by atoms with Gasteiger partial charge in [-0.2, -0.15) is 0 Å². The standard InChI is InChI=1S/C19H19N3O2/c1-11-5-6-16-20-14(4)17(19(24)22(16)10-11)21-18(23)15-8-12(2)7-13(3)9-15/h5-10H,1-4H3,(H,21,23). The average Bonchev–Trinajstić information content (AvgIpc) is 2.51. The highest BCUT2D eigenvalue weighted by Gasteiger charge is 2.14. The zero-order chi connectivity index (χ0) is 17.4. The zero-order valence-electron chi connectivity index (χ0n) is 14.2. The minimum absolute atomic E-state index is 0.210. The Kier molecular flexibility index (Phi) is 3.93. The van der Waals surface area contributed by atoms with Crippen molar-refractivity contribution in [3.63, 3.8) is 0 Å². The van der Waals surface area contributed by atoms with Crippen molar-refractivity contribution in [1.29, 1.82) is 0 Å². The van der Waals surface area contributed by atoms with Gasteiger partial charge in [-0.3, -0.25) is 14.0 Å². The molecule has 0 saturated carbocycles. The SMILES string of the molecule is Cc1cc(C)cc(C(=O)Nc2c(C)nc3ccc(C)cn3c2=O)c1. The summed E-state index contributed by atoms with van der Waals surface area (Å²) in [6, 6.07) is 9.29. The Labute approximate surface area is 140 Å². The molecule has 0 radical (unpaired) electrons. The summed E-state index contributed by atoms with van der Waals surface area (Å²) in [6.45, 7) is 7.49. The molecular formula is C19H19N3O2. The summed E-state index contributed by atoms with van der Waals surface area (Å²) >= 11 is 0. The molecular weight excluding hydrogens is 302 g/mol. The van der Waals surface area contributed by atoms with Crippen molar-refractivity contribution in [1.82, 2.24) is 9.38 Å². The normalized spacial score (nSPS) is 10.8. The summed E-state index contributed by atoms with van der Waals surface area (Å²) in [4.78, 5) is 29.7. The van der Waals surface area contributed by atoms with Gasteiger partial charge in [-0.15, -0.1) is 0 Å². The zero-order valence-corrected chi connectivity index (χ0v) is 14.2. The van der Waals surface area contributed by atoms with E-state index in [-0.39, 0.29) is 17.2 Å². The van der Waals surface area contributed by atoms with E-state index in [4.69, 9.17) is 0 Å². The van der Waals surface area contributed by atoms with Crippen LogP contribution < -0.4 is 10.9 Å². The fraction of sp³-hybridized carbons (Fsp3) is 0.211. The highest BCUT2D eigenvalue weighted by molar-refractivity contribution is 6.04. The lowest BCUT2D eigenvalue weighted by molar-refractivity contribution is 0.102. The van der Waals surface area contributed by atoms with Crippen LogP contribution in [0.2, 0.25) is 0 Å². The van der Waals surface area contributed by atoms with Crippen LogP contribution in [0.5, 0.6) is 0 Å². The molecule has 3 rings (SSSR count). The fourth-order valence-electron chi connectivity index (χ4n) is 2.79. The summed E-state index contributed by atoms with van der Waals surface area (Å²) in [5.41, 5.74) is 4.47. The maximum Gasteiger partial charge on any atom is 0.281 e. The number of carbonyl (C=O) groups is 1. The third-order valence-electron chi connectivity index (χ3n) is 3.87. The minimum Gasteiger partial charge on any atom is -0.316 e. The molecule has 0 aliphatic carbocycles. The third-order valence-corrected chi connectivity index (χ3v) is 3.87. The molecule has 0 aliphatic heterocycles. The van der Waals surface area contributed by atoms with Crippen LogP contribution in [0.15, 0.2) is 41.3 Å². The number of rotatable bonds is 2. The number of carbonyl (C=O) groups excluding carboxylic acids is 1. The van der Waals surface area contributed by atoms with Gasteiger partial charge >= 0.3 is 0 Å². The number of nitrogens with zero attached hydrogens (tertiary/aromatic N) is 2. The second-order valence-electron chi connectivity index (χ2n) is 6.14. The molecule has 122 valence electrons. The Morgan fingerprint density at radius 3 is 2.33 bits per heavy atom. The van der Waals surface area contributed by atoms with E-state index in [9.17, 15) is 9.59 Å². The molecule has 0 saturated heterocycles. The Morgan fingerprint density at radius 2 is 1.67 bits per heavy atom. The number of hydrogen-bond acceptors (Lipinski definition) is 3. The van der Waals surface area contributed by atoms with E-state index < -0.39 is 0 Å². The van der Waals surface area contributed by atoms with E-state index in [0.717, 1.165) is 16.7 Å². The maximum atomic E-state index is 12.7. The Bertz CT molecular complexity index is 999. The lowest BCUT2D eigenvalue weighted by atomic mass is 10.1. The van der Waals surface area contributed by atoms with Gasteiger partial charge in [0, 0.05) is 11.8 Å². The molecule has 0 atom stereocenters. The Morgan fingerprint density at radius 1 is 1.00 bits per heavy atom. The maximum absolute atomic E-state index is 12.7. The Hall–Kier alpha value is -2.95. The number of fused-ring (bicyclic) bond motifs is 1. The van der Waals surface area contributed by atoms with Gasteiger partial charge in [0.05, 0.1) is 5.69 Å². The number of aryl methyl sites for hydroxylation is 4. The number of nitrogens with one attached hydrogen (secondary N) is 1. The predicted octanol–water partition coefficient (Wildman–Crippen LogP) is 3.18. The molecule has 5 heteroatoms. The van der Waals surface area contributed by atoms with Crippen LogP contribution >= 0.6 is 0 Å².